The van der Waals surface area contributed by atoms with Crippen molar-refractivity contribution >= 4 is 23.1 Å². The summed E-state index contributed by atoms with van der Waals surface area (Å²) in [7, 11) is 0. The number of fused-ring (bicyclic) bond motifs is 1. The second kappa shape index (κ2) is 6.35. The predicted molar refractivity (Wildman–Crippen MR) is 88.7 cm³/mol. The zero-order valence-corrected chi connectivity index (χ0v) is 13.2. The molecule has 0 aliphatic carbocycles. The largest absolute Gasteiger partial charge is 0.507 e. The lowest BCUT2D eigenvalue weighted by Crippen LogP contribution is -2.05. The number of benzene rings is 2. The molecule has 0 atom stereocenters. The Bertz CT molecular complexity index is 996. The maximum Gasteiger partial charge on any atom is 0.341 e. The number of aromatic hydroxyl groups is 1. The van der Waals surface area contributed by atoms with Crippen molar-refractivity contribution < 1.29 is 23.4 Å². The zero-order valence-electron chi connectivity index (χ0n) is 13.2. The number of nitrogens with one attached hydrogen (secondary N) is 1. The van der Waals surface area contributed by atoms with Crippen LogP contribution in [0, 0.1) is 17.0 Å². The normalized spacial score (nSPS) is 10.8. The molecule has 3 rings (SSSR count). The molecule has 7 heteroatoms. The number of esters is 1. The molecule has 0 unspecified atom stereocenters. The number of hydrogen-bond donors (Lipinski definition) is 2. The summed E-state index contributed by atoms with van der Waals surface area (Å²) in [4.78, 5) is 11.7. The zero-order chi connectivity index (χ0) is 18.1. The second-order valence-corrected chi connectivity index (χ2v) is 5.30. The minimum Gasteiger partial charge on any atom is -0.507 e. The standard InChI is InChI=1S/C18H14F2N2O3/c1-2-25-18(24)12-4-3-11(5-17(12)23)22-9-10(8-21)13-6-14(19)15(20)7-16(13)22/h3-9,21,23H,2H2,1H3. The van der Waals surface area contributed by atoms with Gasteiger partial charge in [-0.05, 0) is 25.1 Å². The van der Waals surface area contributed by atoms with Gasteiger partial charge in [0.1, 0.15) is 11.3 Å². The van der Waals surface area contributed by atoms with Gasteiger partial charge in [-0.25, -0.2) is 13.6 Å². The van der Waals surface area contributed by atoms with E-state index in [9.17, 15) is 18.7 Å². The molecule has 0 amide bonds. The highest BCUT2D eigenvalue weighted by molar-refractivity contribution is 5.99. The molecule has 128 valence electrons. The monoisotopic (exact) mass is 344 g/mol. The third-order valence-corrected chi connectivity index (χ3v) is 3.79. The Kier molecular flexibility index (Phi) is 4.22. The van der Waals surface area contributed by atoms with Crippen LogP contribution < -0.4 is 0 Å². The summed E-state index contributed by atoms with van der Waals surface area (Å²) >= 11 is 0. The molecule has 0 spiro atoms. The van der Waals surface area contributed by atoms with Gasteiger partial charge in [0.05, 0.1) is 12.1 Å². The molecule has 2 aromatic carbocycles. The lowest BCUT2D eigenvalue weighted by atomic mass is 10.1. The number of hydrogen-bond acceptors (Lipinski definition) is 4. The average molecular weight is 344 g/mol. The Morgan fingerprint density at radius 3 is 2.64 bits per heavy atom. The highest BCUT2D eigenvalue weighted by Crippen LogP contribution is 2.29. The summed E-state index contributed by atoms with van der Waals surface area (Å²) < 4.78 is 33.5. The van der Waals surface area contributed by atoms with Crippen LogP contribution in [0.5, 0.6) is 5.75 Å². The number of carbonyl (C=O) groups is 1. The van der Waals surface area contributed by atoms with Gasteiger partial charge >= 0.3 is 5.97 Å². The van der Waals surface area contributed by atoms with Crippen molar-refractivity contribution in [2.24, 2.45) is 0 Å². The molecule has 1 heterocycles. The summed E-state index contributed by atoms with van der Waals surface area (Å²) in [6, 6.07) is 6.29. The highest BCUT2D eigenvalue weighted by Gasteiger charge is 2.16. The Hall–Kier alpha value is -3.22. The van der Waals surface area contributed by atoms with E-state index < -0.39 is 17.6 Å². The van der Waals surface area contributed by atoms with Crippen LogP contribution in [0.25, 0.3) is 16.6 Å². The summed E-state index contributed by atoms with van der Waals surface area (Å²) in [5, 5.41) is 17.9. The minimum absolute atomic E-state index is 0.00608. The maximum atomic E-state index is 13.6. The van der Waals surface area contributed by atoms with Crippen LogP contribution in [0.15, 0.2) is 36.5 Å². The van der Waals surface area contributed by atoms with Crippen molar-refractivity contribution in [1.29, 1.82) is 5.41 Å². The van der Waals surface area contributed by atoms with Crippen LogP contribution in [-0.4, -0.2) is 28.5 Å². The molecule has 3 aromatic rings. The Balaban J connectivity index is 2.17. The number of phenolic OH excluding ortho intramolecular Hbond substituents is 1. The van der Waals surface area contributed by atoms with E-state index in [0.717, 1.165) is 18.3 Å². The quantitative estimate of drug-likeness (QED) is 0.558. The van der Waals surface area contributed by atoms with Crippen molar-refractivity contribution in [2.45, 2.75) is 6.92 Å². The van der Waals surface area contributed by atoms with Crippen LogP contribution in [0.2, 0.25) is 0 Å². The van der Waals surface area contributed by atoms with E-state index in [1.165, 1.54) is 22.9 Å². The van der Waals surface area contributed by atoms with Crippen molar-refractivity contribution in [3.8, 4) is 11.4 Å². The van der Waals surface area contributed by atoms with Crippen molar-refractivity contribution in [1.82, 2.24) is 4.57 Å². The van der Waals surface area contributed by atoms with Gasteiger partial charge < -0.3 is 19.8 Å². The number of halogens is 2. The first kappa shape index (κ1) is 16.6. The summed E-state index contributed by atoms with van der Waals surface area (Å²) in [5.74, 6) is -2.97. The van der Waals surface area contributed by atoms with Crippen LogP contribution >= 0.6 is 0 Å². The first-order valence-corrected chi connectivity index (χ1v) is 7.47. The number of nitrogens with zero attached hydrogens (tertiary/aromatic N) is 1. The molecule has 2 N–H and O–H groups in total. The summed E-state index contributed by atoms with van der Waals surface area (Å²) in [6.07, 6.45) is 2.55. The van der Waals surface area contributed by atoms with E-state index in [1.807, 2.05) is 0 Å². The molecule has 0 fully saturated rings. The first-order chi connectivity index (χ1) is 12.0. The fraction of sp³-hybridized carbons (Fsp3) is 0.111. The van der Waals surface area contributed by atoms with Gasteiger partial charge in [0.25, 0.3) is 0 Å². The van der Waals surface area contributed by atoms with Gasteiger partial charge in [0, 0.05) is 41.2 Å². The smallest absolute Gasteiger partial charge is 0.341 e. The van der Waals surface area contributed by atoms with E-state index in [2.05, 4.69) is 0 Å². The van der Waals surface area contributed by atoms with Crippen LogP contribution in [-0.2, 0) is 4.74 Å². The molecular formula is C18H14F2N2O3. The second-order valence-electron chi connectivity index (χ2n) is 5.30. The molecule has 0 bridgehead atoms. The van der Waals surface area contributed by atoms with Gasteiger partial charge in [-0.15, -0.1) is 0 Å². The first-order valence-electron chi connectivity index (χ1n) is 7.47. The molecule has 25 heavy (non-hydrogen) atoms. The van der Waals surface area contributed by atoms with Crippen molar-refractivity contribution in [3.63, 3.8) is 0 Å². The molecule has 0 aliphatic heterocycles. The van der Waals surface area contributed by atoms with E-state index in [-0.39, 0.29) is 17.9 Å². The highest BCUT2D eigenvalue weighted by atomic mass is 19.2. The topological polar surface area (TPSA) is 75.3 Å². The number of rotatable bonds is 4. The van der Waals surface area contributed by atoms with Crippen LogP contribution in [0.1, 0.15) is 22.8 Å². The van der Waals surface area contributed by atoms with Gasteiger partial charge in [-0.1, -0.05) is 0 Å². The van der Waals surface area contributed by atoms with E-state index in [0.29, 0.717) is 22.2 Å². The van der Waals surface area contributed by atoms with Gasteiger partial charge in [0.15, 0.2) is 11.6 Å². The number of carbonyl (C=O) groups excluding carboxylic acids is 1. The third-order valence-electron chi connectivity index (χ3n) is 3.79. The molecule has 0 radical (unpaired) electrons. The molecule has 5 nitrogen and oxygen atoms in total. The lowest BCUT2D eigenvalue weighted by molar-refractivity contribution is 0.0523. The van der Waals surface area contributed by atoms with Gasteiger partial charge in [-0.3, -0.25) is 0 Å². The van der Waals surface area contributed by atoms with Crippen molar-refractivity contribution in [3.05, 3.63) is 59.3 Å². The Morgan fingerprint density at radius 1 is 1.28 bits per heavy atom. The fourth-order valence-corrected chi connectivity index (χ4v) is 2.63. The SMILES string of the molecule is CCOC(=O)c1ccc(-n2cc(C=N)c3cc(F)c(F)cc32)cc1O. The summed E-state index contributed by atoms with van der Waals surface area (Å²) in [5.41, 5.74) is 1.16. The molecule has 1 aromatic heterocycles. The summed E-state index contributed by atoms with van der Waals surface area (Å²) in [6.45, 7) is 1.83. The number of phenols is 1. The van der Waals surface area contributed by atoms with Gasteiger partial charge in [-0.2, -0.15) is 0 Å². The number of aromatic nitrogens is 1. The van der Waals surface area contributed by atoms with Crippen LogP contribution in [0.3, 0.4) is 0 Å². The van der Waals surface area contributed by atoms with E-state index >= 15 is 0 Å². The van der Waals surface area contributed by atoms with Crippen LogP contribution in [0.4, 0.5) is 8.78 Å². The molecule has 0 saturated carbocycles. The van der Waals surface area contributed by atoms with E-state index in [4.69, 9.17) is 10.1 Å². The molecule has 0 aliphatic rings. The fourth-order valence-electron chi connectivity index (χ4n) is 2.63. The molecule has 0 saturated heterocycles. The lowest BCUT2D eigenvalue weighted by Gasteiger charge is -2.09. The third kappa shape index (κ3) is 2.84. The van der Waals surface area contributed by atoms with Gasteiger partial charge in [0.2, 0.25) is 0 Å². The minimum atomic E-state index is -1.02. The Morgan fingerprint density at radius 2 is 2.00 bits per heavy atom. The Labute approximate surface area is 141 Å². The van der Waals surface area contributed by atoms with E-state index in [1.54, 1.807) is 13.0 Å². The number of ether oxygens (including phenoxy) is 1. The average Bonchev–Trinajstić information content (AvgIpc) is 2.93. The molecular weight excluding hydrogens is 330 g/mol. The maximum absolute atomic E-state index is 13.6. The predicted octanol–water partition coefficient (Wildman–Crippen LogP) is 3.79. The van der Waals surface area contributed by atoms with Crippen molar-refractivity contribution in [2.75, 3.05) is 6.61 Å².